The molecule has 1 unspecified atom stereocenters. The Bertz CT molecular complexity index is 501. The van der Waals surface area contributed by atoms with Gasteiger partial charge in [-0.2, -0.15) is 0 Å². The van der Waals surface area contributed by atoms with Crippen LogP contribution < -0.4 is 15.5 Å². The molecular weight excluding hydrogens is 290 g/mol. The van der Waals surface area contributed by atoms with E-state index in [1.165, 1.54) is 25.7 Å². The maximum absolute atomic E-state index is 12.2. The van der Waals surface area contributed by atoms with Crippen LogP contribution in [0.4, 0.5) is 16.2 Å². The fraction of sp³-hybridized carbons (Fsp3) is 0.611. The Morgan fingerprint density at radius 1 is 1.35 bits per heavy atom. The molecule has 2 amide bonds. The van der Waals surface area contributed by atoms with Crippen LogP contribution in [0.1, 0.15) is 45.4 Å². The molecule has 1 aliphatic rings. The maximum atomic E-state index is 12.2. The number of carbonyl (C=O) groups is 1. The highest BCUT2D eigenvalue weighted by Gasteiger charge is 2.22. The zero-order valence-corrected chi connectivity index (χ0v) is 14.2. The molecule has 3 N–H and O–H groups in total. The number of nitrogens with one attached hydrogen (secondary N) is 2. The Morgan fingerprint density at radius 3 is 2.74 bits per heavy atom. The Labute approximate surface area is 139 Å². The number of urea groups is 1. The summed E-state index contributed by atoms with van der Waals surface area (Å²) >= 11 is 0. The molecule has 128 valence electrons. The van der Waals surface area contributed by atoms with E-state index in [9.17, 15) is 4.79 Å². The minimum absolute atomic E-state index is 0.0434. The van der Waals surface area contributed by atoms with Crippen LogP contribution in [0.3, 0.4) is 0 Å². The first-order valence-corrected chi connectivity index (χ1v) is 8.62. The van der Waals surface area contributed by atoms with Crippen LogP contribution in [0.2, 0.25) is 0 Å². The van der Waals surface area contributed by atoms with Crippen LogP contribution in [-0.4, -0.2) is 36.9 Å². The molecule has 1 saturated carbocycles. The number of anilines is 2. The molecule has 1 aromatic carbocycles. The Morgan fingerprint density at radius 2 is 2.04 bits per heavy atom. The Balaban J connectivity index is 1.98. The van der Waals surface area contributed by atoms with Gasteiger partial charge in [-0.15, -0.1) is 0 Å². The summed E-state index contributed by atoms with van der Waals surface area (Å²) in [5.41, 5.74) is 1.91. The summed E-state index contributed by atoms with van der Waals surface area (Å²) in [6, 6.07) is 8.36. The van der Waals surface area contributed by atoms with Gasteiger partial charge in [0.05, 0.1) is 11.4 Å². The summed E-state index contributed by atoms with van der Waals surface area (Å²) in [5.74, 6) is 0. The van der Waals surface area contributed by atoms with Gasteiger partial charge in [0.25, 0.3) is 0 Å². The molecule has 0 radical (unpaired) electrons. The average molecular weight is 319 g/mol. The summed E-state index contributed by atoms with van der Waals surface area (Å²) in [6.07, 6.45) is 6.47. The van der Waals surface area contributed by atoms with Gasteiger partial charge in [0, 0.05) is 25.7 Å². The van der Waals surface area contributed by atoms with E-state index in [1.54, 1.807) is 0 Å². The highest BCUT2D eigenvalue weighted by molar-refractivity contribution is 5.93. The number of aliphatic hydroxyl groups excluding tert-OH is 1. The number of rotatable bonds is 7. The minimum Gasteiger partial charge on any atom is -0.396 e. The van der Waals surface area contributed by atoms with Crippen molar-refractivity contribution in [2.75, 3.05) is 23.9 Å². The second-order valence-corrected chi connectivity index (χ2v) is 6.43. The number of amides is 2. The van der Waals surface area contributed by atoms with Gasteiger partial charge in [0.1, 0.15) is 0 Å². The van der Waals surface area contributed by atoms with E-state index in [4.69, 9.17) is 5.11 Å². The third-order valence-corrected chi connectivity index (χ3v) is 4.58. The van der Waals surface area contributed by atoms with Gasteiger partial charge >= 0.3 is 6.03 Å². The molecule has 1 aliphatic carbocycles. The molecule has 0 bridgehead atoms. The van der Waals surface area contributed by atoms with Crippen LogP contribution in [-0.2, 0) is 0 Å². The summed E-state index contributed by atoms with van der Waals surface area (Å²) in [7, 11) is 2.11. The van der Waals surface area contributed by atoms with Crippen molar-refractivity contribution in [3.8, 4) is 0 Å². The van der Waals surface area contributed by atoms with Crippen molar-refractivity contribution < 1.29 is 9.90 Å². The molecule has 1 atom stereocenters. The lowest BCUT2D eigenvalue weighted by Gasteiger charge is -2.28. The first kappa shape index (κ1) is 17.6. The van der Waals surface area contributed by atoms with Crippen molar-refractivity contribution >= 4 is 17.4 Å². The van der Waals surface area contributed by atoms with Crippen molar-refractivity contribution in [2.24, 2.45) is 0 Å². The van der Waals surface area contributed by atoms with Crippen molar-refractivity contribution in [3.05, 3.63) is 24.3 Å². The molecule has 5 nitrogen and oxygen atoms in total. The van der Waals surface area contributed by atoms with Crippen molar-refractivity contribution in [1.82, 2.24) is 5.32 Å². The molecule has 1 aromatic rings. The number of hydrogen-bond donors (Lipinski definition) is 3. The van der Waals surface area contributed by atoms with Crippen LogP contribution >= 0.6 is 0 Å². The lowest BCUT2D eigenvalue weighted by atomic mass is 10.1. The third kappa shape index (κ3) is 5.13. The largest absolute Gasteiger partial charge is 0.396 e. The SMILES string of the molecule is CC(CCCO)NC(=O)Nc1ccccc1N(C)C1CCCC1. The van der Waals surface area contributed by atoms with Crippen LogP contribution in [0.25, 0.3) is 0 Å². The van der Waals surface area contributed by atoms with Crippen LogP contribution in [0.5, 0.6) is 0 Å². The van der Waals surface area contributed by atoms with Crippen molar-refractivity contribution in [2.45, 2.75) is 57.5 Å². The van der Waals surface area contributed by atoms with Crippen LogP contribution in [0.15, 0.2) is 24.3 Å². The van der Waals surface area contributed by atoms with Gasteiger partial charge < -0.3 is 20.6 Å². The number of para-hydroxylation sites is 2. The van der Waals surface area contributed by atoms with E-state index in [0.29, 0.717) is 12.5 Å². The molecule has 2 rings (SSSR count). The molecule has 0 aliphatic heterocycles. The fourth-order valence-electron chi connectivity index (χ4n) is 3.23. The van der Waals surface area contributed by atoms with Gasteiger partial charge in [-0.3, -0.25) is 0 Å². The molecule has 0 aromatic heterocycles. The molecule has 0 heterocycles. The minimum atomic E-state index is -0.192. The van der Waals surface area contributed by atoms with Gasteiger partial charge in [0.2, 0.25) is 0 Å². The van der Waals surface area contributed by atoms with Gasteiger partial charge in [-0.25, -0.2) is 4.79 Å². The number of benzene rings is 1. The smallest absolute Gasteiger partial charge is 0.319 e. The average Bonchev–Trinajstić information content (AvgIpc) is 3.07. The summed E-state index contributed by atoms with van der Waals surface area (Å²) in [5, 5.41) is 14.7. The van der Waals surface area contributed by atoms with E-state index in [-0.39, 0.29) is 18.7 Å². The van der Waals surface area contributed by atoms with E-state index in [2.05, 4.69) is 28.6 Å². The number of aliphatic hydroxyl groups is 1. The predicted molar refractivity (Wildman–Crippen MR) is 95.0 cm³/mol. The second-order valence-electron chi connectivity index (χ2n) is 6.43. The monoisotopic (exact) mass is 319 g/mol. The molecular formula is C18H29N3O2. The zero-order valence-electron chi connectivity index (χ0n) is 14.2. The predicted octanol–water partition coefficient (Wildman–Crippen LogP) is 3.35. The lowest BCUT2D eigenvalue weighted by Crippen LogP contribution is -2.37. The van der Waals surface area contributed by atoms with E-state index in [0.717, 1.165) is 17.8 Å². The van der Waals surface area contributed by atoms with Crippen molar-refractivity contribution in [1.29, 1.82) is 0 Å². The van der Waals surface area contributed by atoms with E-state index < -0.39 is 0 Å². The van der Waals surface area contributed by atoms with E-state index >= 15 is 0 Å². The first-order chi connectivity index (χ1) is 11.1. The fourth-order valence-corrected chi connectivity index (χ4v) is 3.23. The van der Waals surface area contributed by atoms with Gasteiger partial charge in [-0.1, -0.05) is 25.0 Å². The Hall–Kier alpha value is -1.75. The molecule has 23 heavy (non-hydrogen) atoms. The number of nitrogens with zero attached hydrogens (tertiary/aromatic N) is 1. The number of carbonyl (C=O) groups excluding carboxylic acids is 1. The normalized spacial score (nSPS) is 16.1. The third-order valence-electron chi connectivity index (χ3n) is 4.58. The van der Waals surface area contributed by atoms with E-state index in [1.807, 2.05) is 25.1 Å². The zero-order chi connectivity index (χ0) is 16.7. The molecule has 0 saturated heterocycles. The summed E-state index contributed by atoms with van der Waals surface area (Å²) in [4.78, 5) is 14.5. The van der Waals surface area contributed by atoms with Crippen LogP contribution in [0, 0.1) is 0 Å². The highest BCUT2D eigenvalue weighted by atomic mass is 16.3. The lowest BCUT2D eigenvalue weighted by molar-refractivity contribution is 0.245. The summed E-state index contributed by atoms with van der Waals surface area (Å²) in [6.45, 7) is 2.11. The maximum Gasteiger partial charge on any atom is 0.319 e. The quantitative estimate of drug-likeness (QED) is 0.722. The standard InChI is InChI=1S/C18H29N3O2/c1-14(8-7-13-22)19-18(23)20-16-11-5-6-12-17(16)21(2)15-9-3-4-10-15/h5-6,11-12,14-15,22H,3-4,7-10,13H2,1-2H3,(H2,19,20,23). The summed E-state index contributed by atoms with van der Waals surface area (Å²) < 4.78 is 0. The molecule has 0 spiro atoms. The topological polar surface area (TPSA) is 64.6 Å². The Kier molecular flexibility index (Phi) is 6.71. The van der Waals surface area contributed by atoms with Crippen molar-refractivity contribution in [3.63, 3.8) is 0 Å². The first-order valence-electron chi connectivity index (χ1n) is 8.62. The number of hydrogen-bond acceptors (Lipinski definition) is 3. The molecule has 5 heteroatoms. The van der Waals surface area contributed by atoms with Gasteiger partial charge in [0.15, 0.2) is 0 Å². The highest BCUT2D eigenvalue weighted by Crippen LogP contribution is 2.31. The molecule has 1 fully saturated rings. The van der Waals surface area contributed by atoms with Gasteiger partial charge in [-0.05, 0) is 44.7 Å². The second kappa shape index (κ2) is 8.77.